The van der Waals surface area contributed by atoms with Crippen LogP contribution in [0.4, 0.5) is 0 Å². The molecular weight excluding hydrogens is 252 g/mol. The first kappa shape index (κ1) is 19.4. The molecule has 0 spiro atoms. The highest BCUT2D eigenvalue weighted by molar-refractivity contribution is 5.75. The molecule has 0 radical (unpaired) electrons. The lowest BCUT2D eigenvalue weighted by Gasteiger charge is -2.22. The Bertz CT molecular complexity index is 256. The van der Waals surface area contributed by atoms with Crippen molar-refractivity contribution in [1.82, 2.24) is 5.32 Å². The molecule has 0 rings (SSSR count). The van der Waals surface area contributed by atoms with Gasteiger partial charge in [0.1, 0.15) is 0 Å². The molecule has 0 aromatic heterocycles. The number of hydrogen-bond donors (Lipinski definition) is 3. The van der Waals surface area contributed by atoms with Gasteiger partial charge in [0, 0.05) is 13.0 Å². The molecule has 0 bridgehead atoms. The van der Waals surface area contributed by atoms with Gasteiger partial charge < -0.3 is 16.2 Å². The Hall–Kier alpha value is -0.610. The molecule has 0 fully saturated rings. The second-order valence-corrected chi connectivity index (χ2v) is 6.99. The van der Waals surface area contributed by atoms with E-state index in [0.29, 0.717) is 31.8 Å². The summed E-state index contributed by atoms with van der Waals surface area (Å²) < 4.78 is 0. The molecule has 0 saturated heterocycles. The maximum absolute atomic E-state index is 11.8. The molecule has 120 valence electrons. The first-order valence-electron chi connectivity index (χ1n) is 7.93. The van der Waals surface area contributed by atoms with Gasteiger partial charge in [-0.15, -0.1) is 0 Å². The Morgan fingerprint density at radius 3 is 2.40 bits per heavy atom. The van der Waals surface area contributed by atoms with Gasteiger partial charge in [0.25, 0.3) is 0 Å². The fraction of sp³-hybridized carbons (Fsp3) is 0.938. The number of hydrogen-bond acceptors (Lipinski definition) is 3. The standard InChI is InChI=1S/C16H34N2O2/c1-5-6-13(9-10-17)7-8-15(20)18-12-14(19)11-16(2,3)4/h13-14,19H,5-12,17H2,1-4H3,(H,18,20). The number of aliphatic hydroxyl groups excluding tert-OH is 1. The minimum atomic E-state index is -0.463. The molecular formula is C16H34N2O2. The number of nitrogens with one attached hydrogen (secondary N) is 1. The van der Waals surface area contributed by atoms with E-state index < -0.39 is 6.10 Å². The fourth-order valence-electron chi connectivity index (χ4n) is 2.51. The SMILES string of the molecule is CCCC(CCN)CCC(=O)NCC(O)CC(C)(C)C. The van der Waals surface area contributed by atoms with E-state index in [1.807, 2.05) is 0 Å². The first-order valence-corrected chi connectivity index (χ1v) is 7.93. The third kappa shape index (κ3) is 11.2. The predicted molar refractivity (Wildman–Crippen MR) is 84.4 cm³/mol. The van der Waals surface area contributed by atoms with Crippen LogP contribution in [0.25, 0.3) is 0 Å². The zero-order valence-electron chi connectivity index (χ0n) is 13.7. The summed E-state index contributed by atoms with van der Waals surface area (Å²) >= 11 is 0. The topological polar surface area (TPSA) is 75.4 Å². The van der Waals surface area contributed by atoms with E-state index in [0.717, 1.165) is 25.7 Å². The maximum atomic E-state index is 11.8. The molecule has 4 heteroatoms. The van der Waals surface area contributed by atoms with E-state index in [1.54, 1.807) is 0 Å². The third-order valence-electron chi connectivity index (χ3n) is 3.43. The minimum Gasteiger partial charge on any atom is -0.391 e. The summed E-state index contributed by atoms with van der Waals surface area (Å²) in [5.74, 6) is 0.589. The molecule has 20 heavy (non-hydrogen) atoms. The van der Waals surface area contributed by atoms with Crippen LogP contribution in [0.3, 0.4) is 0 Å². The van der Waals surface area contributed by atoms with Gasteiger partial charge in [0.05, 0.1) is 6.10 Å². The van der Waals surface area contributed by atoms with Crippen LogP contribution in [0, 0.1) is 11.3 Å². The van der Waals surface area contributed by atoms with Gasteiger partial charge in [-0.05, 0) is 37.1 Å². The average Bonchev–Trinajstić information content (AvgIpc) is 2.32. The first-order chi connectivity index (χ1) is 9.28. The van der Waals surface area contributed by atoms with Crippen molar-refractivity contribution in [2.45, 2.75) is 72.3 Å². The number of carbonyl (C=O) groups excluding carboxylic acids is 1. The summed E-state index contributed by atoms with van der Waals surface area (Å²) in [4.78, 5) is 11.8. The van der Waals surface area contributed by atoms with Gasteiger partial charge in [-0.2, -0.15) is 0 Å². The molecule has 0 aromatic rings. The zero-order chi connectivity index (χ0) is 15.6. The summed E-state index contributed by atoms with van der Waals surface area (Å²) in [5, 5.41) is 12.7. The Labute approximate surface area is 124 Å². The van der Waals surface area contributed by atoms with Gasteiger partial charge in [0.15, 0.2) is 0 Å². The predicted octanol–water partition coefficient (Wildman–Crippen LogP) is 2.45. The molecule has 1 amide bonds. The van der Waals surface area contributed by atoms with Crippen molar-refractivity contribution in [3.8, 4) is 0 Å². The molecule has 0 aliphatic rings. The molecule has 0 heterocycles. The number of amides is 1. The fourth-order valence-corrected chi connectivity index (χ4v) is 2.51. The van der Waals surface area contributed by atoms with Crippen molar-refractivity contribution >= 4 is 5.91 Å². The molecule has 2 atom stereocenters. The second-order valence-electron chi connectivity index (χ2n) is 6.99. The summed E-state index contributed by atoms with van der Waals surface area (Å²) in [6.45, 7) is 9.45. The molecule has 0 aromatic carbocycles. The lowest BCUT2D eigenvalue weighted by atomic mass is 9.89. The van der Waals surface area contributed by atoms with Crippen molar-refractivity contribution in [3.63, 3.8) is 0 Å². The Morgan fingerprint density at radius 1 is 1.25 bits per heavy atom. The largest absolute Gasteiger partial charge is 0.391 e. The Balaban J connectivity index is 3.87. The number of carbonyl (C=O) groups is 1. The van der Waals surface area contributed by atoms with E-state index in [1.165, 1.54) is 0 Å². The smallest absolute Gasteiger partial charge is 0.220 e. The molecule has 4 N–H and O–H groups in total. The molecule has 0 saturated carbocycles. The van der Waals surface area contributed by atoms with Crippen molar-refractivity contribution < 1.29 is 9.90 Å². The number of nitrogens with two attached hydrogens (primary N) is 1. The van der Waals surface area contributed by atoms with Crippen LogP contribution in [-0.2, 0) is 4.79 Å². The van der Waals surface area contributed by atoms with Gasteiger partial charge in [-0.1, -0.05) is 40.5 Å². The number of rotatable bonds is 10. The maximum Gasteiger partial charge on any atom is 0.220 e. The monoisotopic (exact) mass is 286 g/mol. The Morgan fingerprint density at radius 2 is 1.90 bits per heavy atom. The summed E-state index contributed by atoms with van der Waals surface area (Å²) in [6.07, 6.45) is 4.92. The summed E-state index contributed by atoms with van der Waals surface area (Å²) in [7, 11) is 0. The van der Waals surface area contributed by atoms with E-state index in [4.69, 9.17) is 5.73 Å². The minimum absolute atomic E-state index is 0.0380. The second kappa shape index (κ2) is 10.2. The highest BCUT2D eigenvalue weighted by Gasteiger charge is 2.17. The van der Waals surface area contributed by atoms with Crippen LogP contribution in [0.5, 0.6) is 0 Å². The van der Waals surface area contributed by atoms with Gasteiger partial charge >= 0.3 is 0 Å². The van der Waals surface area contributed by atoms with Crippen molar-refractivity contribution in [3.05, 3.63) is 0 Å². The van der Waals surface area contributed by atoms with E-state index in [-0.39, 0.29) is 11.3 Å². The van der Waals surface area contributed by atoms with Crippen molar-refractivity contribution in [2.75, 3.05) is 13.1 Å². The lowest BCUT2D eigenvalue weighted by Crippen LogP contribution is -2.34. The van der Waals surface area contributed by atoms with E-state index >= 15 is 0 Å². The number of aliphatic hydroxyl groups is 1. The molecule has 0 aliphatic carbocycles. The van der Waals surface area contributed by atoms with Crippen molar-refractivity contribution in [1.29, 1.82) is 0 Å². The quantitative estimate of drug-likeness (QED) is 0.577. The van der Waals surface area contributed by atoms with Crippen LogP contribution >= 0.6 is 0 Å². The van der Waals surface area contributed by atoms with Gasteiger partial charge in [0.2, 0.25) is 5.91 Å². The third-order valence-corrected chi connectivity index (χ3v) is 3.43. The Kier molecular flexibility index (Phi) is 9.86. The molecule has 2 unspecified atom stereocenters. The molecule has 0 aliphatic heterocycles. The van der Waals surface area contributed by atoms with Gasteiger partial charge in [-0.25, -0.2) is 0 Å². The van der Waals surface area contributed by atoms with E-state index in [2.05, 4.69) is 33.0 Å². The van der Waals surface area contributed by atoms with Crippen LogP contribution in [-0.4, -0.2) is 30.2 Å². The van der Waals surface area contributed by atoms with Crippen LogP contribution in [0.15, 0.2) is 0 Å². The summed E-state index contributed by atoms with van der Waals surface area (Å²) in [6, 6.07) is 0. The van der Waals surface area contributed by atoms with E-state index in [9.17, 15) is 9.90 Å². The highest BCUT2D eigenvalue weighted by atomic mass is 16.3. The highest BCUT2D eigenvalue weighted by Crippen LogP contribution is 2.20. The zero-order valence-corrected chi connectivity index (χ0v) is 13.7. The van der Waals surface area contributed by atoms with Gasteiger partial charge in [-0.3, -0.25) is 4.79 Å². The van der Waals surface area contributed by atoms with Crippen molar-refractivity contribution in [2.24, 2.45) is 17.1 Å². The summed E-state index contributed by atoms with van der Waals surface area (Å²) in [5.41, 5.74) is 5.67. The average molecular weight is 286 g/mol. The lowest BCUT2D eigenvalue weighted by molar-refractivity contribution is -0.122. The van der Waals surface area contributed by atoms with Crippen LogP contribution in [0.2, 0.25) is 0 Å². The normalized spacial score (nSPS) is 14.9. The molecule has 4 nitrogen and oxygen atoms in total. The van der Waals surface area contributed by atoms with Crippen LogP contribution in [0.1, 0.15) is 66.2 Å². The van der Waals surface area contributed by atoms with Crippen LogP contribution < -0.4 is 11.1 Å².